The fourth-order valence-corrected chi connectivity index (χ4v) is 1.61. The second kappa shape index (κ2) is 5.82. The van der Waals surface area contributed by atoms with Crippen molar-refractivity contribution in [3.8, 4) is 5.75 Å². The number of amides is 1. The molecule has 0 aromatic heterocycles. The highest BCUT2D eigenvalue weighted by Gasteiger charge is 2.16. The van der Waals surface area contributed by atoms with Gasteiger partial charge in [0.05, 0.1) is 12.8 Å². The van der Waals surface area contributed by atoms with Gasteiger partial charge in [-0.25, -0.2) is 17.6 Å². The third-order valence-electron chi connectivity index (χ3n) is 2.67. The van der Waals surface area contributed by atoms with Crippen molar-refractivity contribution in [1.29, 1.82) is 0 Å². The second-order valence-corrected chi connectivity index (χ2v) is 4.05. The Hall–Kier alpha value is -2.57. The van der Waals surface area contributed by atoms with Crippen LogP contribution in [0.15, 0.2) is 30.3 Å². The van der Waals surface area contributed by atoms with Crippen LogP contribution >= 0.6 is 0 Å². The van der Waals surface area contributed by atoms with Crippen LogP contribution in [0, 0.1) is 23.3 Å². The highest BCUT2D eigenvalue weighted by molar-refractivity contribution is 6.04. The van der Waals surface area contributed by atoms with Crippen molar-refractivity contribution in [2.45, 2.75) is 0 Å². The summed E-state index contributed by atoms with van der Waals surface area (Å²) in [4.78, 5) is 11.8. The van der Waals surface area contributed by atoms with Gasteiger partial charge in [-0.1, -0.05) is 0 Å². The molecule has 0 saturated heterocycles. The molecule has 21 heavy (non-hydrogen) atoms. The lowest BCUT2D eigenvalue weighted by molar-refractivity contribution is 0.102. The van der Waals surface area contributed by atoms with Crippen molar-refractivity contribution in [3.63, 3.8) is 0 Å². The Bertz CT molecular complexity index is 680. The van der Waals surface area contributed by atoms with Gasteiger partial charge in [0, 0.05) is 11.6 Å². The van der Waals surface area contributed by atoms with Crippen molar-refractivity contribution in [1.82, 2.24) is 0 Å². The molecule has 1 amide bonds. The molecular weight excluding hydrogens is 290 g/mol. The standard InChI is InChI=1S/C14H9F4NO2/c1-21-8-2-3-9(15)12(6-8)19-14(20)7-4-10(16)13(18)11(17)5-7/h2-6H,1H3,(H,19,20). The zero-order valence-electron chi connectivity index (χ0n) is 10.7. The number of carbonyl (C=O) groups is 1. The van der Waals surface area contributed by atoms with E-state index in [0.717, 1.165) is 6.07 Å². The zero-order chi connectivity index (χ0) is 15.6. The van der Waals surface area contributed by atoms with Crippen molar-refractivity contribution in [3.05, 3.63) is 59.2 Å². The Morgan fingerprint density at radius 3 is 2.19 bits per heavy atom. The van der Waals surface area contributed by atoms with E-state index < -0.39 is 34.7 Å². The van der Waals surface area contributed by atoms with Gasteiger partial charge in [-0.15, -0.1) is 0 Å². The number of hydrogen-bond donors (Lipinski definition) is 1. The quantitative estimate of drug-likeness (QED) is 0.696. The number of hydrogen-bond acceptors (Lipinski definition) is 2. The molecule has 0 aliphatic carbocycles. The molecule has 3 nitrogen and oxygen atoms in total. The lowest BCUT2D eigenvalue weighted by Gasteiger charge is -2.09. The third-order valence-corrected chi connectivity index (χ3v) is 2.67. The highest BCUT2D eigenvalue weighted by Crippen LogP contribution is 2.22. The van der Waals surface area contributed by atoms with E-state index in [1.165, 1.54) is 19.2 Å². The largest absolute Gasteiger partial charge is 0.497 e. The van der Waals surface area contributed by atoms with Gasteiger partial charge < -0.3 is 10.1 Å². The van der Waals surface area contributed by atoms with Gasteiger partial charge in [-0.05, 0) is 24.3 Å². The van der Waals surface area contributed by atoms with E-state index in [0.29, 0.717) is 12.1 Å². The van der Waals surface area contributed by atoms with Crippen LogP contribution in [-0.2, 0) is 0 Å². The first kappa shape index (κ1) is 14.8. The smallest absolute Gasteiger partial charge is 0.255 e. The molecule has 0 unspecified atom stereocenters. The Morgan fingerprint density at radius 1 is 1.00 bits per heavy atom. The third kappa shape index (κ3) is 3.13. The van der Waals surface area contributed by atoms with E-state index in [1.54, 1.807) is 0 Å². The van der Waals surface area contributed by atoms with Crippen LogP contribution in [0.5, 0.6) is 5.75 Å². The van der Waals surface area contributed by atoms with Gasteiger partial charge in [0.1, 0.15) is 11.6 Å². The van der Waals surface area contributed by atoms with E-state index in [-0.39, 0.29) is 11.4 Å². The summed E-state index contributed by atoms with van der Waals surface area (Å²) in [5, 5.41) is 2.13. The van der Waals surface area contributed by atoms with Crippen LogP contribution in [0.25, 0.3) is 0 Å². The molecule has 2 aromatic carbocycles. The van der Waals surface area contributed by atoms with Gasteiger partial charge in [-0.3, -0.25) is 4.79 Å². The number of anilines is 1. The number of ether oxygens (including phenoxy) is 1. The Balaban J connectivity index is 2.30. The molecule has 0 heterocycles. The molecule has 2 rings (SSSR count). The number of rotatable bonds is 3. The van der Waals surface area contributed by atoms with Crippen molar-refractivity contribution < 1.29 is 27.1 Å². The van der Waals surface area contributed by atoms with Gasteiger partial charge in [0.2, 0.25) is 0 Å². The minimum absolute atomic E-state index is 0.232. The molecule has 0 bridgehead atoms. The van der Waals surface area contributed by atoms with Crippen LogP contribution in [-0.4, -0.2) is 13.0 Å². The van der Waals surface area contributed by atoms with Gasteiger partial charge in [0.25, 0.3) is 5.91 Å². The molecule has 0 fully saturated rings. The van der Waals surface area contributed by atoms with Gasteiger partial charge in [-0.2, -0.15) is 0 Å². The molecule has 0 atom stereocenters. The predicted molar refractivity (Wildman–Crippen MR) is 67.2 cm³/mol. The van der Waals surface area contributed by atoms with E-state index in [9.17, 15) is 22.4 Å². The van der Waals surface area contributed by atoms with Crippen molar-refractivity contribution >= 4 is 11.6 Å². The molecule has 0 spiro atoms. The fraction of sp³-hybridized carbons (Fsp3) is 0.0714. The first-order chi connectivity index (χ1) is 9.92. The summed E-state index contributed by atoms with van der Waals surface area (Å²) >= 11 is 0. The molecule has 0 aliphatic rings. The highest BCUT2D eigenvalue weighted by atomic mass is 19.2. The maximum absolute atomic E-state index is 13.5. The Morgan fingerprint density at radius 2 is 1.62 bits per heavy atom. The second-order valence-electron chi connectivity index (χ2n) is 4.05. The fourth-order valence-electron chi connectivity index (χ4n) is 1.61. The number of carbonyl (C=O) groups excluding carboxylic acids is 1. The molecular formula is C14H9F4NO2. The summed E-state index contributed by atoms with van der Waals surface area (Å²) < 4.78 is 57.3. The number of halogens is 4. The summed E-state index contributed by atoms with van der Waals surface area (Å²) in [6, 6.07) is 4.63. The maximum atomic E-state index is 13.5. The van der Waals surface area contributed by atoms with Crippen molar-refractivity contribution in [2.24, 2.45) is 0 Å². The van der Waals surface area contributed by atoms with Gasteiger partial charge >= 0.3 is 0 Å². The average Bonchev–Trinajstić information content (AvgIpc) is 2.46. The monoisotopic (exact) mass is 299 g/mol. The first-order valence-electron chi connectivity index (χ1n) is 5.72. The predicted octanol–water partition coefficient (Wildman–Crippen LogP) is 3.50. The minimum Gasteiger partial charge on any atom is -0.497 e. The van der Waals surface area contributed by atoms with Crippen LogP contribution in [0.1, 0.15) is 10.4 Å². The summed E-state index contributed by atoms with van der Waals surface area (Å²) in [6.07, 6.45) is 0. The number of benzene rings is 2. The SMILES string of the molecule is COc1ccc(F)c(NC(=O)c2cc(F)c(F)c(F)c2)c1. The minimum atomic E-state index is -1.68. The van der Waals surface area contributed by atoms with E-state index in [4.69, 9.17) is 4.74 Å². The van der Waals surface area contributed by atoms with Crippen LogP contribution in [0.2, 0.25) is 0 Å². The van der Waals surface area contributed by atoms with Crippen LogP contribution < -0.4 is 10.1 Å². The lowest BCUT2D eigenvalue weighted by Crippen LogP contribution is -2.14. The lowest BCUT2D eigenvalue weighted by atomic mass is 10.2. The normalized spacial score (nSPS) is 10.3. The van der Waals surface area contributed by atoms with E-state index >= 15 is 0 Å². The first-order valence-corrected chi connectivity index (χ1v) is 5.72. The Labute approximate surface area is 117 Å². The van der Waals surface area contributed by atoms with Crippen LogP contribution in [0.4, 0.5) is 23.2 Å². The molecule has 0 aliphatic heterocycles. The topological polar surface area (TPSA) is 38.3 Å². The van der Waals surface area contributed by atoms with E-state index in [1.807, 2.05) is 0 Å². The average molecular weight is 299 g/mol. The molecule has 110 valence electrons. The summed E-state index contributed by atoms with van der Waals surface area (Å²) in [5.74, 6) is -6.16. The molecule has 0 radical (unpaired) electrons. The molecule has 7 heteroatoms. The van der Waals surface area contributed by atoms with Gasteiger partial charge in [0.15, 0.2) is 17.5 Å². The Kier molecular flexibility index (Phi) is 4.11. The zero-order valence-corrected chi connectivity index (χ0v) is 10.7. The molecule has 0 saturated carbocycles. The molecule has 2 aromatic rings. The maximum Gasteiger partial charge on any atom is 0.255 e. The summed E-state index contributed by atoms with van der Waals surface area (Å²) in [5.41, 5.74) is -0.710. The van der Waals surface area contributed by atoms with Crippen molar-refractivity contribution in [2.75, 3.05) is 12.4 Å². The van der Waals surface area contributed by atoms with E-state index in [2.05, 4.69) is 5.32 Å². The number of methoxy groups -OCH3 is 1. The summed E-state index contributed by atoms with van der Waals surface area (Å²) in [6.45, 7) is 0. The summed E-state index contributed by atoms with van der Waals surface area (Å²) in [7, 11) is 1.35. The number of nitrogens with one attached hydrogen (secondary N) is 1. The van der Waals surface area contributed by atoms with Crippen LogP contribution in [0.3, 0.4) is 0 Å². The molecule has 1 N–H and O–H groups in total.